The molecule has 0 radical (unpaired) electrons. The van der Waals surface area contributed by atoms with E-state index >= 15 is 0 Å². The van der Waals surface area contributed by atoms with E-state index in [1.165, 1.54) is 17.0 Å². The van der Waals surface area contributed by atoms with Gasteiger partial charge in [-0.15, -0.1) is 6.58 Å². The Morgan fingerprint density at radius 3 is 2.00 bits per heavy atom. The van der Waals surface area contributed by atoms with Gasteiger partial charge in [0.1, 0.15) is 0 Å². The van der Waals surface area contributed by atoms with Crippen molar-refractivity contribution in [2.24, 2.45) is 0 Å². The van der Waals surface area contributed by atoms with Gasteiger partial charge in [0.25, 0.3) is 0 Å². The van der Waals surface area contributed by atoms with Gasteiger partial charge < -0.3 is 4.90 Å². The third kappa shape index (κ3) is 4.01. The van der Waals surface area contributed by atoms with Crippen molar-refractivity contribution in [3.8, 4) is 0 Å². The predicted molar refractivity (Wildman–Crippen MR) is 84.5 cm³/mol. The van der Waals surface area contributed by atoms with Crippen molar-refractivity contribution in [3.05, 3.63) is 85.1 Å². The number of anilines is 1. The zero-order valence-electron chi connectivity index (χ0n) is 11.9. The molecule has 0 aromatic heterocycles. The van der Waals surface area contributed by atoms with Crippen LogP contribution in [0.15, 0.2) is 79.5 Å². The highest BCUT2D eigenvalue weighted by Crippen LogP contribution is 2.34. The van der Waals surface area contributed by atoms with Crippen LogP contribution in [0.4, 0.5) is 18.9 Å². The normalized spacial score (nSPS) is 12.0. The Morgan fingerprint density at radius 2 is 1.50 bits per heavy atom. The quantitative estimate of drug-likeness (QED) is 0.679. The minimum Gasteiger partial charge on any atom is -0.344 e. The molecule has 0 saturated heterocycles. The van der Waals surface area contributed by atoms with Gasteiger partial charge in [0, 0.05) is 18.4 Å². The number of nitrogens with zero attached hydrogens (tertiary/aromatic N) is 1. The van der Waals surface area contributed by atoms with Crippen molar-refractivity contribution >= 4 is 11.3 Å². The monoisotopic (exact) mass is 303 g/mol. The molecule has 2 rings (SSSR count). The Kier molecular flexibility index (Phi) is 5.04. The summed E-state index contributed by atoms with van der Waals surface area (Å²) in [4.78, 5) is 1.53. The molecule has 0 N–H and O–H groups in total. The second kappa shape index (κ2) is 6.98. The van der Waals surface area contributed by atoms with Crippen molar-refractivity contribution in [1.29, 1.82) is 0 Å². The molecule has 0 atom stereocenters. The lowest BCUT2D eigenvalue weighted by atomic mass is 10.1. The number of rotatable bonds is 5. The van der Waals surface area contributed by atoms with Gasteiger partial charge in [0.2, 0.25) is 0 Å². The van der Waals surface area contributed by atoms with Crippen molar-refractivity contribution in [3.63, 3.8) is 0 Å². The molecule has 4 heteroatoms. The Morgan fingerprint density at radius 1 is 0.955 bits per heavy atom. The fourth-order valence-electron chi connectivity index (χ4n) is 2.08. The first-order chi connectivity index (χ1) is 10.5. The molecule has 0 aliphatic heterocycles. The summed E-state index contributed by atoms with van der Waals surface area (Å²) in [5, 5.41) is 0. The molecule has 0 saturated carbocycles. The summed E-state index contributed by atoms with van der Waals surface area (Å²) in [6, 6.07) is 16.7. The summed E-state index contributed by atoms with van der Waals surface area (Å²) in [7, 11) is 0. The highest BCUT2D eigenvalue weighted by atomic mass is 19.4. The van der Waals surface area contributed by atoms with Crippen molar-refractivity contribution in [2.75, 3.05) is 11.4 Å². The summed E-state index contributed by atoms with van der Waals surface area (Å²) >= 11 is 0. The van der Waals surface area contributed by atoms with Crippen molar-refractivity contribution in [1.82, 2.24) is 0 Å². The van der Waals surface area contributed by atoms with E-state index in [4.69, 9.17) is 0 Å². The van der Waals surface area contributed by atoms with E-state index in [1.54, 1.807) is 48.5 Å². The average Bonchev–Trinajstić information content (AvgIpc) is 2.52. The molecule has 0 amide bonds. The second-order valence-electron chi connectivity index (χ2n) is 4.68. The fourth-order valence-corrected chi connectivity index (χ4v) is 2.08. The fraction of sp³-hybridized carbons (Fsp3) is 0.111. The van der Waals surface area contributed by atoms with Gasteiger partial charge in [0.05, 0.1) is 5.57 Å². The molecular weight excluding hydrogens is 287 g/mol. The molecule has 22 heavy (non-hydrogen) atoms. The van der Waals surface area contributed by atoms with E-state index in [0.29, 0.717) is 5.69 Å². The zero-order valence-corrected chi connectivity index (χ0v) is 11.9. The lowest BCUT2D eigenvalue weighted by Crippen LogP contribution is -2.20. The number of alkyl halides is 3. The Labute approximate surface area is 128 Å². The number of benzene rings is 2. The van der Waals surface area contributed by atoms with Gasteiger partial charge in [-0.2, -0.15) is 13.2 Å². The summed E-state index contributed by atoms with van der Waals surface area (Å²) in [6.07, 6.45) is -1.73. The van der Waals surface area contributed by atoms with E-state index in [1.807, 2.05) is 6.07 Å². The van der Waals surface area contributed by atoms with E-state index < -0.39 is 11.7 Å². The predicted octanol–water partition coefficient (Wildman–Crippen LogP) is 5.28. The van der Waals surface area contributed by atoms with Crippen LogP contribution in [-0.2, 0) is 0 Å². The van der Waals surface area contributed by atoms with Crippen LogP contribution in [0.25, 0.3) is 5.57 Å². The highest BCUT2D eigenvalue weighted by Gasteiger charge is 2.35. The molecule has 0 bridgehead atoms. The van der Waals surface area contributed by atoms with Crippen LogP contribution in [0, 0.1) is 0 Å². The number of hydrogen-bond donors (Lipinski definition) is 0. The van der Waals surface area contributed by atoms with Crippen LogP contribution in [0.2, 0.25) is 0 Å². The first kappa shape index (κ1) is 15.9. The lowest BCUT2D eigenvalue weighted by molar-refractivity contribution is -0.0690. The van der Waals surface area contributed by atoms with E-state index in [0.717, 1.165) is 6.20 Å². The van der Waals surface area contributed by atoms with Gasteiger partial charge in [-0.05, 0) is 17.7 Å². The third-order valence-corrected chi connectivity index (χ3v) is 3.09. The third-order valence-electron chi connectivity index (χ3n) is 3.09. The molecule has 0 fully saturated rings. The van der Waals surface area contributed by atoms with E-state index in [2.05, 4.69) is 6.58 Å². The number of allylic oxidation sites excluding steroid dienone is 1. The maximum atomic E-state index is 13.4. The Balaban J connectivity index is 2.48. The first-order valence-electron chi connectivity index (χ1n) is 6.79. The zero-order chi connectivity index (χ0) is 16.0. The maximum Gasteiger partial charge on any atom is 0.418 e. The average molecular weight is 303 g/mol. The minimum atomic E-state index is -4.43. The smallest absolute Gasteiger partial charge is 0.344 e. The van der Waals surface area contributed by atoms with Crippen LogP contribution in [-0.4, -0.2) is 12.7 Å². The van der Waals surface area contributed by atoms with Crippen LogP contribution >= 0.6 is 0 Å². The summed E-state index contributed by atoms with van der Waals surface area (Å²) in [6.45, 7) is 3.90. The molecule has 0 spiro atoms. The molecule has 0 aliphatic carbocycles. The van der Waals surface area contributed by atoms with Crippen LogP contribution in [0.1, 0.15) is 5.56 Å². The molecular formula is C18H16F3N. The lowest BCUT2D eigenvalue weighted by Gasteiger charge is -2.22. The largest absolute Gasteiger partial charge is 0.418 e. The van der Waals surface area contributed by atoms with Crippen molar-refractivity contribution in [2.45, 2.75) is 6.18 Å². The van der Waals surface area contributed by atoms with E-state index in [-0.39, 0.29) is 12.1 Å². The van der Waals surface area contributed by atoms with Gasteiger partial charge in [-0.25, -0.2) is 0 Å². The molecule has 0 heterocycles. The molecule has 0 aliphatic rings. The van der Waals surface area contributed by atoms with Gasteiger partial charge >= 0.3 is 6.18 Å². The first-order valence-corrected chi connectivity index (χ1v) is 6.79. The van der Waals surface area contributed by atoms with Crippen LogP contribution in [0.5, 0.6) is 0 Å². The van der Waals surface area contributed by atoms with Gasteiger partial charge in [-0.3, -0.25) is 0 Å². The maximum absolute atomic E-state index is 13.4. The Hall–Kier alpha value is -2.49. The molecule has 2 aromatic carbocycles. The van der Waals surface area contributed by atoms with E-state index in [9.17, 15) is 13.2 Å². The second-order valence-corrected chi connectivity index (χ2v) is 4.68. The van der Waals surface area contributed by atoms with Gasteiger partial charge in [-0.1, -0.05) is 54.6 Å². The molecule has 0 unspecified atom stereocenters. The summed E-state index contributed by atoms with van der Waals surface area (Å²) in [5.41, 5.74) is 0.138. The minimum absolute atomic E-state index is 0.139. The standard InChI is InChI=1S/C18H16F3N/c1-2-13-22(16-11-7-4-8-12-16)14-17(18(19,20)21)15-9-5-3-6-10-15/h2-12,14H,1,13H2/b17-14-. The molecule has 1 nitrogen and oxygen atoms in total. The number of hydrogen-bond acceptors (Lipinski definition) is 1. The molecule has 114 valence electrons. The summed E-state index contributed by atoms with van der Waals surface area (Å²) < 4.78 is 40.2. The van der Waals surface area contributed by atoms with Gasteiger partial charge in [0.15, 0.2) is 0 Å². The molecule has 2 aromatic rings. The number of para-hydroxylation sites is 1. The van der Waals surface area contributed by atoms with Crippen molar-refractivity contribution < 1.29 is 13.2 Å². The number of halogens is 3. The highest BCUT2D eigenvalue weighted by molar-refractivity contribution is 5.72. The summed E-state index contributed by atoms with van der Waals surface area (Å²) in [5.74, 6) is 0. The Bertz CT molecular complexity index is 630. The van der Waals surface area contributed by atoms with Crippen LogP contribution in [0.3, 0.4) is 0 Å². The van der Waals surface area contributed by atoms with Crippen LogP contribution < -0.4 is 4.90 Å². The topological polar surface area (TPSA) is 3.24 Å². The SMILES string of the molecule is C=CCN(/C=C(/c1ccccc1)C(F)(F)F)c1ccccc1.